The van der Waals surface area contributed by atoms with Gasteiger partial charge >= 0.3 is 5.97 Å². The normalized spacial score (nSPS) is 11.8. The molecule has 1 unspecified atom stereocenters. The molecule has 0 aliphatic heterocycles. The molecule has 0 heterocycles. The molecule has 0 saturated carbocycles. The highest BCUT2D eigenvalue weighted by Gasteiger charge is 2.10. The molecule has 0 saturated heterocycles. The molecule has 0 aromatic heterocycles. The van der Waals surface area contributed by atoms with Crippen LogP contribution in [0.4, 0.5) is 0 Å². The van der Waals surface area contributed by atoms with Crippen LogP contribution in [-0.4, -0.2) is 19.2 Å². The van der Waals surface area contributed by atoms with Crippen LogP contribution >= 0.6 is 0 Å². The second-order valence-electron chi connectivity index (χ2n) is 7.97. The number of carbonyl (C=O) groups excluding carboxylic acids is 1. The number of rotatable bonds is 15. The fourth-order valence-corrected chi connectivity index (χ4v) is 3.26. The molecule has 0 aliphatic carbocycles. The summed E-state index contributed by atoms with van der Waals surface area (Å²) in [7, 11) is 0. The zero-order chi connectivity index (χ0) is 22.3. The van der Waals surface area contributed by atoms with Gasteiger partial charge in [0.05, 0.1) is 18.3 Å². The summed E-state index contributed by atoms with van der Waals surface area (Å²) >= 11 is 0. The predicted octanol–water partition coefficient (Wildman–Crippen LogP) is 7.52. The van der Waals surface area contributed by atoms with Gasteiger partial charge in [-0.1, -0.05) is 64.5 Å². The Morgan fingerprint density at radius 1 is 0.742 bits per heavy atom. The van der Waals surface area contributed by atoms with Crippen LogP contribution in [0.2, 0.25) is 0 Å². The number of hydrogen-bond donors (Lipinski definition) is 0. The maximum Gasteiger partial charge on any atom is 0.343 e. The van der Waals surface area contributed by atoms with Crippen molar-refractivity contribution in [3.05, 3.63) is 59.7 Å². The molecule has 4 nitrogen and oxygen atoms in total. The third kappa shape index (κ3) is 9.56. The second kappa shape index (κ2) is 14.6. The van der Waals surface area contributed by atoms with Crippen molar-refractivity contribution >= 4 is 5.97 Å². The fraction of sp³-hybridized carbons (Fsp3) is 0.519. The summed E-state index contributed by atoms with van der Waals surface area (Å²) in [5.41, 5.74) is 1.59. The number of ether oxygens (including phenoxy) is 3. The van der Waals surface area contributed by atoms with Crippen LogP contribution in [0.1, 0.15) is 94.2 Å². The lowest BCUT2D eigenvalue weighted by molar-refractivity contribution is 0.0627. The van der Waals surface area contributed by atoms with Gasteiger partial charge in [0.15, 0.2) is 0 Å². The molecule has 0 amide bonds. The molecule has 0 N–H and O–H groups in total. The van der Waals surface area contributed by atoms with Crippen molar-refractivity contribution in [1.29, 1.82) is 0 Å². The Morgan fingerprint density at radius 2 is 1.32 bits per heavy atom. The summed E-state index contributed by atoms with van der Waals surface area (Å²) in [6, 6.07) is 14.7. The highest BCUT2D eigenvalue weighted by molar-refractivity contribution is 5.91. The molecule has 0 spiro atoms. The largest absolute Gasteiger partial charge is 0.494 e. The standard InChI is InChI=1S/C27H38O4/c1-4-6-8-10-20-29-22(3)23-12-18-26(19-13-23)31-27(28)24-14-16-25(17-15-24)30-21-11-9-7-5-2/h12-19,22H,4-11,20-21H2,1-3H3. The van der Waals surface area contributed by atoms with E-state index in [1.54, 1.807) is 12.1 Å². The molecule has 0 aliphatic rings. The molecule has 0 fully saturated rings. The summed E-state index contributed by atoms with van der Waals surface area (Å²) < 4.78 is 17.1. The fourth-order valence-electron chi connectivity index (χ4n) is 3.26. The Labute approximate surface area is 187 Å². The summed E-state index contributed by atoms with van der Waals surface area (Å²) in [4.78, 5) is 12.4. The highest BCUT2D eigenvalue weighted by atomic mass is 16.5. The van der Waals surface area contributed by atoms with Crippen LogP contribution in [0.25, 0.3) is 0 Å². The third-order valence-corrected chi connectivity index (χ3v) is 5.28. The quantitative estimate of drug-likeness (QED) is 0.168. The van der Waals surface area contributed by atoms with Gasteiger partial charge < -0.3 is 14.2 Å². The van der Waals surface area contributed by atoms with Crippen LogP contribution in [-0.2, 0) is 4.74 Å². The van der Waals surface area contributed by atoms with Gasteiger partial charge in [-0.05, 0) is 61.7 Å². The minimum atomic E-state index is -0.373. The zero-order valence-corrected chi connectivity index (χ0v) is 19.4. The predicted molar refractivity (Wildman–Crippen MR) is 126 cm³/mol. The van der Waals surface area contributed by atoms with Crippen molar-refractivity contribution in [2.24, 2.45) is 0 Å². The summed E-state index contributed by atoms with van der Waals surface area (Å²) in [6.07, 6.45) is 9.51. The van der Waals surface area contributed by atoms with Gasteiger partial charge in [0.1, 0.15) is 11.5 Å². The van der Waals surface area contributed by atoms with Crippen molar-refractivity contribution in [1.82, 2.24) is 0 Å². The first kappa shape index (κ1) is 24.9. The lowest BCUT2D eigenvalue weighted by atomic mass is 10.1. The molecule has 4 heteroatoms. The Balaban J connectivity index is 1.77. The van der Waals surface area contributed by atoms with Gasteiger partial charge in [-0.3, -0.25) is 0 Å². The molecular weight excluding hydrogens is 388 g/mol. The molecular formula is C27H38O4. The van der Waals surface area contributed by atoms with Crippen molar-refractivity contribution in [2.75, 3.05) is 13.2 Å². The van der Waals surface area contributed by atoms with E-state index < -0.39 is 0 Å². The van der Waals surface area contributed by atoms with E-state index in [0.29, 0.717) is 17.9 Å². The van der Waals surface area contributed by atoms with Gasteiger partial charge in [0, 0.05) is 6.61 Å². The zero-order valence-electron chi connectivity index (χ0n) is 19.4. The number of hydrogen-bond acceptors (Lipinski definition) is 4. The van der Waals surface area contributed by atoms with E-state index in [1.807, 2.05) is 43.3 Å². The summed E-state index contributed by atoms with van der Waals surface area (Å²) in [5, 5.41) is 0. The van der Waals surface area contributed by atoms with E-state index in [4.69, 9.17) is 14.2 Å². The highest BCUT2D eigenvalue weighted by Crippen LogP contribution is 2.22. The van der Waals surface area contributed by atoms with Gasteiger partial charge in [-0.2, -0.15) is 0 Å². The number of benzene rings is 2. The first-order valence-corrected chi connectivity index (χ1v) is 11.8. The lowest BCUT2D eigenvalue weighted by Crippen LogP contribution is -2.09. The molecule has 2 aromatic rings. The average Bonchev–Trinajstić information content (AvgIpc) is 2.79. The molecule has 170 valence electrons. The summed E-state index contributed by atoms with van der Waals surface area (Å²) in [5.74, 6) is 0.934. The van der Waals surface area contributed by atoms with E-state index in [1.165, 1.54) is 38.5 Å². The van der Waals surface area contributed by atoms with Crippen LogP contribution in [0.15, 0.2) is 48.5 Å². The molecule has 31 heavy (non-hydrogen) atoms. The number of esters is 1. The van der Waals surface area contributed by atoms with Crippen LogP contribution in [0.5, 0.6) is 11.5 Å². The monoisotopic (exact) mass is 426 g/mol. The molecule has 2 rings (SSSR count). The Hall–Kier alpha value is -2.33. The average molecular weight is 427 g/mol. The van der Waals surface area contributed by atoms with Crippen molar-refractivity contribution in [3.8, 4) is 11.5 Å². The van der Waals surface area contributed by atoms with Gasteiger partial charge in [0.2, 0.25) is 0 Å². The first-order valence-electron chi connectivity index (χ1n) is 11.8. The van der Waals surface area contributed by atoms with Crippen LogP contribution in [0, 0.1) is 0 Å². The van der Waals surface area contributed by atoms with Crippen molar-refractivity contribution in [2.45, 2.75) is 78.2 Å². The Kier molecular flexibility index (Phi) is 11.8. The lowest BCUT2D eigenvalue weighted by Gasteiger charge is -2.14. The van der Waals surface area contributed by atoms with Crippen LogP contribution < -0.4 is 9.47 Å². The molecule has 0 bridgehead atoms. The number of carbonyl (C=O) groups is 1. The topological polar surface area (TPSA) is 44.8 Å². The SMILES string of the molecule is CCCCCCOc1ccc(C(=O)Oc2ccc(C(C)OCCCCCC)cc2)cc1. The van der Waals surface area contributed by atoms with E-state index in [9.17, 15) is 4.79 Å². The molecule has 1 atom stereocenters. The smallest absolute Gasteiger partial charge is 0.343 e. The van der Waals surface area contributed by atoms with Gasteiger partial charge in [0.25, 0.3) is 0 Å². The van der Waals surface area contributed by atoms with E-state index in [2.05, 4.69) is 13.8 Å². The third-order valence-electron chi connectivity index (χ3n) is 5.28. The molecule has 0 radical (unpaired) electrons. The second-order valence-corrected chi connectivity index (χ2v) is 7.97. The Morgan fingerprint density at radius 3 is 1.94 bits per heavy atom. The van der Waals surface area contributed by atoms with Crippen molar-refractivity contribution in [3.63, 3.8) is 0 Å². The minimum absolute atomic E-state index is 0.0286. The van der Waals surface area contributed by atoms with Gasteiger partial charge in [-0.15, -0.1) is 0 Å². The maximum absolute atomic E-state index is 12.4. The van der Waals surface area contributed by atoms with Crippen molar-refractivity contribution < 1.29 is 19.0 Å². The van der Waals surface area contributed by atoms with E-state index in [0.717, 1.165) is 30.8 Å². The maximum atomic E-state index is 12.4. The summed E-state index contributed by atoms with van der Waals surface area (Å²) in [6.45, 7) is 7.93. The Bertz CT molecular complexity index is 737. The minimum Gasteiger partial charge on any atom is -0.494 e. The van der Waals surface area contributed by atoms with E-state index >= 15 is 0 Å². The first-order chi connectivity index (χ1) is 15.1. The van der Waals surface area contributed by atoms with E-state index in [-0.39, 0.29) is 12.1 Å². The van der Waals surface area contributed by atoms with Crippen LogP contribution in [0.3, 0.4) is 0 Å². The van der Waals surface area contributed by atoms with Gasteiger partial charge in [-0.25, -0.2) is 4.79 Å². The number of unbranched alkanes of at least 4 members (excludes halogenated alkanes) is 6. The molecule has 2 aromatic carbocycles.